The fourth-order valence-electron chi connectivity index (χ4n) is 2.14. The highest BCUT2D eigenvalue weighted by atomic mass is 16.7. The molecule has 2 aliphatic heterocycles. The standard InChI is InChI=1S/C11H23N3O2/c1-13-4-6-14(7-5-13)3-2-11-15-9-10(8-12)16-11/h10-11H,2-9,12H2,1H3. The van der Waals surface area contributed by atoms with Gasteiger partial charge < -0.3 is 25.0 Å². The van der Waals surface area contributed by atoms with Crippen LogP contribution in [0.1, 0.15) is 6.42 Å². The normalized spacial score (nSPS) is 33.4. The molecule has 5 heteroatoms. The Hall–Kier alpha value is -0.200. The Bertz CT molecular complexity index is 205. The predicted octanol–water partition coefficient (Wildman–Crippen LogP) is -0.676. The third-order valence-electron chi connectivity index (χ3n) is 3.35. The second kappa shape index (κ2) is 5.93. The first-order chi connectivity index (χ1) is 7.78. The number of ether oxygens (including phenoxy) is 2. The molecule has 2 atom stereocenters. The summed E-state index contributed by atoms with van der Waals surface area (Å²) in [6.07, 6.45) is 1.03. The van der Waals surface area contributed by atoms with Gasteiger partial charge in [0.2, 0.25) is 0 Å². The van der Waals surface area contributed by atoms with Crippen molar-refractivity contribution in [2.45, 2.75) is 18.8 Å². The molecule has 5 nitrogen and oxygen atoms in total. The van der Waals surface area contributed by atoms with Crippen molar-refractivity contribution in [2.75, 3.05) is 52.9 Å². The van der Waals surface area contributed by atoms with Crippen LogP contribution in [0.4, 0.5) is 0 Å². The molecule has 0 spiro atoms. The Morgan fingerprint density at radius 3 is 2.62 bits per heavy atom. The smallest absolute Gasteiger partial charge is 0.159 e. The molecule has 2 heterocycles. The molecule has 2 rings (SSSR count). The lowest BCUT2D eigenvalue weighted by atomic mass is 10.3. The van der Waals surface area contributed by atoms with E-state index in [4.69, 9.17) is 15.2 Å². The van der Waals surface area contributed by atoms with Gasteiger partial charge in [0.25, 0.3) is 0 Å². The van der Waals surface area contributed by atoms with Crippen molar-refractivity contribution in [1.29, 1.82) is 0 Å². The van der Waals surface area contributed by atoms with Gasteiger partial charge in [-0.05, 0) is 7.05 Å². The van der Waals surface area contributed by atoms with Crippen molar-refractivity contribution in [3.05, 3.63) is 0 Å². The van der Waals surface area contributed by atoms with Crippen molar-refractivity contribution in [3.63, 3.8) is 0 Å². The zero-order valence-corrected chi connectivity index (χ0v) is 10.1. The Labute approximate surface area is 97.5 Å². The van der Waals surface area contributed by atoms with E-state index in [1.54, 1.807) is 0 Å². The number of piperazine rings is 1. The minimum absolute atomic E-state index is 0.0341. The zero-order valence-electron chi connectivity index (χ0n) is 10.1. The van der Waals surface area contributed by atoms with Gasteiger partial charge in [0.1, 0.15) is 0 Å². The van der Waals surface area contributed by atoms with E-state index in [0.717, 1.165) is 39.1 Å². The lowest BCUT2D eigenvalue weighted by Gasteiger charge is -2.32. The maximum atomic E-state index is 5.64. The second-order valence-corrected chi connectivity index (χ2v) is 4.69. The van der Waals surface area contributed by atoms with Crippen LogP contribution >= 0.6 is 0 Å². The molecule has 2 aliphatic rings. The molecule has 0 aromatic carbocycles. The van der Waals surface area contributed by atoms with Gasteiger partial charge in [-0.2, -0.15) is 0 Å². The lowest BCUT2D eigenvalue weighted by Crippen LogP contribution is -2.45. The summed E-state index contributed by atoms with van der Waals surface area (Å²) in [4.78, 5) is 4.84. The Morgan fingerprint density at radius 1 is 1.25 bits per heavy atom. The highest BCUT2D eigenvalue weighted by molar-refractivity contribution is 4.71. The van der Waals surface area contributed by atoms with Crippen molar-refractivity contribution in [1.82, 2.24) is 9.80 Å². The average molecular weight is 229 g/mol. The number of hydrogen-bond donors (Lipinski definition) is 1. The SMILES string of the molecule is CN1CCN(CCC2OCC(CN)O2)CC1. The molecule has 2 fully saturated rings. The van der Waals surface area contributed by atoms with Gasteiger partial charge in [0, 0.05) is 45.7 Å². The summed E-state index contributed by atoms with van der Waals surface area (Å²) in [5, 5.41) is 0. The number of likely N-dealkylation sites (N-methyl/N-ethyl adjacent to an activating group) is 1. The molecule has 0 radical (unpaired) electrons. The van der Waals surface area contributed by atoms with Crippen molar-refractivity contribution < 1.29 is 9.47 Å². The molecule has 2 unspecified atom stereocenters. The summed E-state index contributed by atoms with van der Waals surface area (Å²) >= 11 is 0. The van der Waals surface area contributed by atoms with Crippen LogP contribution in [0.3, 0.4) is 0 Å². The number of nitrogens with two attached hydrogens (primary N) is 1. The maximum absolute atomic E-state index is 5.64. The molecular weight excluding hydrogens is 206 g/mol. The third kappa shape index (κ3) is 3.40. The number of hydrogen-bond acceptors (Lipinski definition) is 5. The van der Waals surface area contributed by atoms with Crippen LogP contribution < -0.4 is 5.73 Å². The van der Waals surface area contributed by atoms with Crippen molar-refractivity contribution in [3.8, 4) is 0 Å². The molecule has 2 saturated heterocycles. The molecule has 0 aromatic rings. The highest BCUT2D eigenvalue weighted by Gasteiger charge is 2.25. The predicted molar refractivity (Wildman–Crippen MR) is 62.2 cm³/mol. The number of nitrogens with zero attached hydrogens (tertiary/aromatic N) is 2. The van der Waals surface area contributed by atoms with Gasteiger partial charge in [-0.3, -0.25) is 0 Å². The minimum Gasteiger partial charge on any atom is -0.350 e. The van der Waals surface area contributed by atoms with Crippen molar-refractivity contribution in [2.24, 2.45) is 5.73 Å². The van der Waals surface area contributed by atoms with E-state index in [1.807, 2.05) is 0 Å². The van der Waals surface area contributed by atoms with Gasteiger partial charge in [-0.25, -0.2) is 0 Å². The summed E-state index contributed by atoms with van der Waals surface area (Å²) in [5.41, 5.74) is 5.53. The fraction of sp³-hybridized carbons (Fsp3) is 1.00. The maximum Gasteiger partial charge on any atom is 0.159 e. The van der Waals surface area contributed by atoms with E-state index in [9.17, 15) is 0 Å². The summed E-state index contributed by atoms with van der Waals surface area (Å²) in [6.45, 7) is 6.92. The molecular formula is C11H23N3O2. The van der Waals surface area contributed by atoms with Crippen LogP contribution in [0, 0.1) is 0 Å². The highest BCUT2D eigenvalue weighted by Crippen LogP contribution is 2.14. The number of rotatable bonds is 4. The van der Waals surface area contributed by atoms with Gasteiger partial charge in [0.15, 0.2) is 6.29 Å². The van der Waals surface area contributed by atoms with Crippen LogP contribution in [0.15, 0.2) is 0 Å². The zero-order chi connectivity index (χ0) is 11.4. The fourth-order valence-corrected chi connectivity index (χ4v) is 2.14. The molecule has 0 amide bonds. The largest absolute Gasteiger partial charge is 0.350 e. The molecule has 0 aromatic heterocycles. The van der Waals surface area contributed by atoms with Crippen LogP contribution in [-0.2, 0) is 9.47 Å². The van der Waals surface area contributed by atoms with E-state index in [2.05, 4.69) is 16.8 Å². The van der Waals surface area contributed by atoms with Crippen LogP contribution in [0.5, 0.6) is 0 Å². The van der Waals surface area contributed by atoms with Gasteiger partial charge >= 0.3 is 0 Å². The summed E-state index contributed by atoms with van der Waals surface area (Å²) < 4.78 is 11.2. The van der Waals surface area contributed by atoms with E-state index in [1.165, 1.54) is 0 Å². The molecule has 0 saturated carbocycles. The van der Waals surface area contributed by atoms with Crippen LogP contribution in [-0.4, -0.2) is 75.1 Å². The van der Waals surface area contributed by atoms with E-state index in [0.29, 0.717) is 13.2 Å². The molecule has 16 heavy (non-hydrogen) atoms. The van der Waals surface area contributed by atoms with Crippen LogP contribution in [0.2, 0.25) is 0 Å². The summed E-state index contributed by atoms with van der Waals surface area (Å²) in [5.74, 6) is 0. The Morgan fingerprint density at radius 2 is 2.00 bits per heavy atom. The topological polar surface area (TPSA) is 51.0 Å². The Balaban J connectivity index is 1.61. The van der Waals surface area contributed by atoms with Gasteiger partial charge in [0.05, 0.1) is 12.7 Å². The molecule has 0 aliphatic carbocycles. The van der Waals surface area contributed by atoms with Gasteiger partial charge in [-0.15, -0.1) is 0 Å². The van der Waals surface area contributed by atoms with E-state index >= 15 is 0 Å². The minimum atomic E-state index is -0.0341. The van der Waals surface area contributed by atoms with Crippen molar-refractivity contribution >= 4 is 0 Å². The first-order valence-corrected chi connectivity index (χ1v) is 6.16. The molecule has 0 bridgehead atoms. The first kappa shape index (κ1) is 12.3. The molecule has 2 N–H and O–H groups in total. The Kier molecular flexibility index (Phi) is 4.55. The second-order valence-electron chi connectivity index (χ2n) is 4.69. The first-order valence-electron chi connectivity index (χ1n) is 6.16. The quantitative estimate of drug-likeness (QED) is 0.692. The van der Waals surface area contributed by atoms with Gasteiger partial charge in [-0.1, -0.05) is 0 Å². The van der Waals surface area contributed by atoms with Crippen LogP contribution in [0.25, 0.3) is 0 Å². The molecule has 94 valence electrons. The average Bonchev–Trinajstić information content (AvgIpc) is 2.76. The van der Waals surface area contributed by atoms with E-state index in [-0.39, 0.29) is 12.4 Å². The van der Waals surface area contributed by atoms with E-state index < -0.39 is 0 Å². The summed E-state index contributed by atoms with van der Waals surface area (Å²) in [6, 6.07) is 0. The summed E-state index contributed by atoms with van der Waals surface area (Å²) in [7, 11) is 2.17. The monoisotopic (exact) mass is 229 g/mol. The lowest BCUT2D eigenvalue weighted by molar-refractivity contribution is -0.0659. The third-order valence-corrected chi connectivity index (χ3v) is 3.35.